The molecule has 0 aromatic heterocycles. The number of carboxylic acid groups (broad SMARTS) is 1. The number of halogens is 1. The van der Waals surface area contributed by atoms with Gasteiger partial charge in [-0.2, -0.15) is 0 Å². The van der Waals surface area contributed by atoms with E-state index in [1.54, 1.807) is 24.3 Å². The molecule has 0 amide bonds. The Kier molecular flexibility index (Phi) is 4.93. The third kappa shape index (κ3) is 3.34. The van der Waals surface area contributed by atoms with Gasteiger partial charge in [0.1, 0.15) is 17.1 Å². The van der Waals surface area contributed by atoms with E-state index in [2.05, 4.69) is 0 Å². The van der Waals surface area contributed by atoms with Crippen LogP contribution in [0.25, 0.3) is 0 Å². The zero-order valence-corrected chi connectivity index (χ0v) is 12.9. The fourth-order valence-corrected chi connectivity index (χ4v) is 2.56. The number of hydrogen-bond donors (Lipinski definition) is 3. The summed E-state index contributed by atoms with van der Waals surface area (Å²) in [5.41, 5.74) is 1.32. The van der Waals surface area contributed by atoms with Crippen molar-refractivity contribution < 1.29 is 20.1 Å². The van der Waals surface area contributed by atoms with E-state index in [0.29, 0.717) is 17.0 Å². The normalized spacial score (nSPS) is 10.6. The van der Waals surface area contributed by atoms with Gasteiger partial charge in [0.2, 0.25) is 0 Å². The molecule has 0 spiro atoms. The smallest absolute Gasteiger partial charge is 0.339 e. The first kappa shape index (κ1) is 16.2. The Labute approximate surface area is 133 Å². The first-order valence-electron chi connectivity index (χ1n) is 6.98. The van der Waals surface area contributed by atoms with Gasteiger partial charge >= 0.3 is 5.97 Å². The summed E-state index contributed by atoms with van der Waals surface area (Å²) in [6.45, 7) is 1.90. The van der Waals surface area contributed by atoms with Gasteiger partial charge in [0, 0.05) is 17.0 Å². The second-order valence-corrected chi connectivity index (χ2v) is 5.55. The second-order valence-electron chi connectivity index (χ2n) is 5.12. The van der Waals surface area contributed by atoms with E-state index in [-0.39, 0.29) is 29.0 Å². The van der Waals surface area contributed by atoms with Gasteiger partial charge in [-0.1, -0.05) is 37.1 Å². The minimum atomic E-state index is -1.20. The highest BCUT2D eigenvalue weighted by Crippen LogP contribution is 2.36. The molecule has 4 nitrogen and oxygen atoms in total. The third-order valence-electron chi connectivity index (χ3n) is 3.49. The lowest BCUT2D eigenvalue weighted by Gasteiger charge is -2.14. The molecule has 0 aliphatic heterocycles. The summed E-state index contributed by atoms with van der Waals surface area (Å²) in [5, 5.41) is 30.4. The van der Waals surface area contributed by atoms with Gasteiger partial charge < -0.3 is 15.3 Å². The van der Waals surface area contributed by atoms with Crippen LogP contribution in [-0.4, -0.2) is 21.3 Å². The number of hydrogen-bond acceptors (Lipinski definition) is 3. The van der Waals surface area contributed by atoms with Crippen LogP contribution in [0.3, 0.4) is 0 Å². The molecule has 0 fully saturated rings. The molecule has 0 atom stereocenters. The Morgan fingerprint density at radius 2 is 1.82 bits per heavy atom. The van der Waals surface area contributed by atoms with Crippen molar-refractivity contribution in [2.75, 3.05) is 0 Å². The molecule has 0 radical (unpaired) electrons. The van der Waals surface area contributed by atoms with Crippen molar-refractivity contribution in [2.24, 2.45) is 0 Å². The topological polar surface area (TPSA) is 77.8 Å². The summed E-state index contributed by atoms with van der Waals surface area (Å²) in [6, 6.07) is 8.37. The Balaban J connectivity index is 2.49. The molecule has 0 bridgehead atoms. The van der Waals surface area contributed by atoms with Gasteiger partial charge in [-0.3, -0.25) is 0 Å². The van der Waals surface area contributed by atoms with Crippen molar-refractivity contribution in [3.8, 4) is 11.5 Å². The van der Waals surface area contributed by atoms with E-state index in [9.17, 15) is 20.1 Å². The van der Waals surface area contributed by atoms with Crippen LogP contribution in [0.5, 0.6) is 11.5 Å². The monoisotopic (exact) mass is 320 g/mol. The lowest BCUT2D eigenvalue weighted by molar-refractivity contribution is 0.0692. The largest absolute Gasteiger partial charge is 0.508 e. The van der Waals surface area contributed by atoms with Gasteiger partial charge in [0.25, 0.3) is 0 Å². The first-order valence-corrected chi connectivity index (χ1v) is 7.36. The average Bonchev–Trinajstić information content (AvgIpc) is 2.45. The maximum Gasteiger partial charge on any atom is 0.339 e. The zero-order valence-electron chi connectivity index (χ0n) is 12.1. The highest BCUT2D eigenvalue weighted by molar-refractivity contribution is 6.30. The summed E-state index contributed by atoms with van der Waals surface area (Å²) < 4.78 is 0. The minimum absolute atomic E-state index is 0.0964. The van der Waals surface area contributed by atoms with Gasteiger partial charge in [-0.05, 0) is 35.7 Å². The van der Waals surface area contributed by atoms with Crippen LogP contribution < -0.4 is 0 Å². The number of phenolic OH excluding ortho intramolecular Hbond substituents is 1. The Morgan fingerprint density at radius 3 is 2.36 bits per heavy atom. The van der Waals surface area contributed by atoms with Crippen LogP contribution in [-0.2, 0) is 12.8 Å². The Morgan fingerprint density at radius 1 is 1.18 bits per heavy atom. The number of aromatic carboxylic acids is 1. The van der Waals surface area contributed by atoms with Crippen LogP contribution in [0, 0.1) is 0 Å². The van der Waals surface area contributed by atoms with Crippen LogP contribution in [0.2, 0.25) is 5.02 Å². The maximum absolute atomic E-state index is 11.4. The van der Waals surface area contributed by atoms with Crippen molar-refractivity contribution in [1.29, 1.82) is 0 Å². The molecule has 2 aromatic carbocycles. The van der Waals surface area contributed by atoms with Gasteiger partial charge in [-0.25, -0.2) is 4.79 Å². The summed E-state index contributed by atoms with van der Waals surface area (Å²) in [4.78, 5) is 11.4. The molecule has 3 N–H and O–H groups in total. The predicted molar refractivity (Wildman–Crippen MR) is 85.0 cm³/mol. The van der Waals surface area contributed by atoms with Crippen LogP contribution in [0.4, 0.5) is 0 Å². The average molecular weight is 321 g/mol. The van der Waals surface area contributed by atoms with Crippen LogP contribution >= 0.6 is 11.6 Å². The van der Waals surface area contributed by atoms with Gasteiger partial charge in [-0.15, -0.1) is 0 Å². The summed E-state index contributed by atoms with van der Waals surface area (Å²) in [5.74, 6) is -1.66. The van der Waals surface area contributed by atoms with Crippen molar-refractivity contribution in [3.63, 3.8) is 0 Å². The summed E-state index contributed by atoms with van der Waals surface area (Å²) in [6.07, 6.45) is 1.42. The number of rotatable bonds is 5. The van der Waals surface area contributed by atoms with Crippen molar-refractivity contribution in [1.82, 2.24) is 0 Å². The maximum atomic E-state index is 11.4. The molecule has 0 aliphatic carbocycles. The molecule has 2 rings (SSSR count). The second kappa shape index (κ2) is 6.71. The van der Waals surface area contributed by atoms with Crippen LogP contribution in [0.15, 0.2) is 30.3 Å². The number of phenols is 2. The van der Waals surface area contributed by atoms with Gasteiger partial charge in [0.15, 0.2) is 0 Å². The number of carboxylic acids is 1. The van der Waals surface area contributed by atoms with E-state index >= 15 is 0 Å². The van der Waals surface area contributed by atoms with Crippen molar-refractivity contribution in [3.05, 3.63) is 57.6 Å². The zero-order chi connectivity index (χ0) is 16.3. The van der Waals surface area contributed by atoms with E-state index < -0.39 is 5.97 Å². The van der Waals surface area contributed by atoms with E-state index in [1.165, 1.54) is 6.07 Å². The highest BCUT2D eigenvalue weighted by Gasteiger charge is 2.22. The van der Waals surface area contributed by atoms with E-state index in [4.69, 9.17) is 11.6 Å². The van der Waals surface area contributed by atoms with E-state index in [0.717, 1.165) is 12.0 Å². The van der Waals surface area contributed by atoms with Crippen LogP contribution in [0.1, 0.15) is 40.4 Å². The molecule has 2 aromatic rings. The highest BCUT2D eigenvalue weighted by atomic mass is 35.5. The number of aromatic hydroxyl groups is 2. The fraction of sp³-hybridized carbons (Fsp3) is 0.235. The number of carbonyl (C=O) groups is 1. The number of aryl methyl sites for hydroxylation is 1. The Hall–Kier alpha value is -2.20. The van der Waals surface area contributed by atoms with Crippen molar-refractivity contribution >= 4 is 17.6 Å². The summed E-state index contributed by atoms with van der Waals surface area (Å²) >= 11 is 5.82. The molecule has 0 saturated heterocycles. The standard InChI is InChI=1S/C17H17ClO4/c1-2-3-11-9-14(19)13(16(20)15(11)17(21)22)8-10-4-6-12(18)7-5-10/h4-7,9,19-20H,2-3,8H2,1H3,(H,21,22). The summed E-state index contributed by atoms with van der Waals surface area (Å²) in [7, 11) is 0. The van der Waals surface area contributed by atoms with Gasteiger partial charge in [0.05, 0.1) is 0 Å². The quantitative estimate of drug-likeness (QED) is 0.778. The third-order valence-corrected chi connectivity index (χ3v) is 3.74. The fourth-order valence-electron chi connectivity index (χ4n) is 2.43. The molecule has 116 valence electrons. The lowest BCUT2D eigenvalue weighted by atomic mass is 9.94. The number of benzene rings is 2. The predicted octanol–water partition coefficient (Wildman–Crippen LogP) is 3.99. The lowest BCUT2D eigenvalue weighted by Crippen LogP contribution is -2.06. The SMILES string of the molecule is CCCc1cc(O)c(Cc2ccc(Cl)cc2)c(O)c1C(=O)O. The molecule has 0 unspecified atom stereocenters. The molecule has 5 heteroatoms. The first-order chi connectivity index (χ1) is 10.4. The molecule has 0 aliphatic rings. The van der Waals surface area contributed by atoms with E-state index in [1.807, 2.05) is 6.92 Å². The molecule has 0 heterocycles. The molecular formula is C17H17ClO4. The molecular weight excluding hydrogens is 304 g/mol. The molecule has 22 heavy (non-hydrogen) atoms. The van der Waals surface area contributed by atoms with Crippen molar-refractivity contribution in [2.45, 2.75) is 26.2 Å². The Bertz CT molecular complexity index is 693. The minimum Gasteiger partial charge on any atom is -0.508 e. The molecule has 0 saturated carbocycles.